The van der Waals surface area contributed by atoms with Crippen molar-refractivity contribution < 1.29 is 16.8 Å². The van der Waals surface area contributed by atoms with Crippen LogP contribution in [0.25, 0.3) is 0 Å². The maximum Gasteiger partial charge on any atom is 2.00 e. The first kappa shape index (κ1) is 37.8. The van der Waals surface area contributed by atoms with Gasteiger partial charge >= 0.3 is 16.8 Å². The largest absolute Gasteiger partial charge is 2.00 e. The Hall–Kier alpha value is -4.61. The third-order valence-corrected chi connectivity index (χ3v) is 8.41. The van der Waals surface area contributed by atoms with E-state index in [0.29, 0.717) is 0 Å². The van der Waals surface area contributed by atoms with Crippen LogP contribution in [0.4, 0.5) is 0 Å². The molecule has 0 aliphatic carbocycles. The van der Waals surface area contributed by atoms with E-state index in [1.54, 1.807) is 6.07 Å². The van der Waals surface area contributed by atoms with Gasteiger partial charge in [0.1, 0.15) is 6.15 Å². The number of hydrogen-bond acceptors (Lipinski definition) is 5. The first-order valence-corrected chi connectivity index (χ1v) is 16.5. The topological polar surface area (TPSA) is 73.4 Å². The number of benzene rings is 4. The van der Waals surface area contributed by atoms with Crippen LogP contribution in [0.2, 0.25) is 0 Å². The van der Waals surface area contributed by atoms with Crippen LogP contribution < -0.4 is 27.2 Å². The predicted molar refractivity (Wildman–Crippen MR) is 202 cm³/mol. The van der Waals surface area contributed by atoms with Crippen LogP contribution >= 0.6 is 0 Å². The number of fused-ring (bicyclic) bond motifs is 2. The summed E-state index contributed by atoms with van der Waals surface area (Å²) in [6.07, 6.45) is 0.922. The van der Waals surface area contributed by atoms with Crippen LogP contribution in [0.3, 0.4) is 0 Å². The summed E-state index contributed by atoms with van der Waals surface area (Å²) in [4.78, 5) is 13.8. The minimum Gasteiger partial charge on any atom is -0.317 e. The maximum absolute atomic E-state index is 7.32. The molecule has 5 aromatic rings. The van der Waals surface area contributed by atoms with Gasteiger partial charge in [-0.3, -0.25) is 9.98 Å². The molecule has 1 aromatic heterocycles. The Morgan fingerprint density at radius 3 is 1.17 bits per heavy atom. The zero-order valence-corrected chi connectivity index (χ0v) is 29.3. The van der Waals surface area contributed by atoms with Gasteiger partial charge in [0.2, 0.25) is 0 Å². The Labute approximate surface area is 297 Å². The average molecular weight is 678 g/mol. The van der Waals surface area contributed by atoms with E-state index >= 15 is 0 Å². The first-order valence-electron chi connectivity index (χ1n) is 16.5. The van der Waals surface area contributed by atoms with E-state index in [1.165, 1.54) is 28.8 Å². The summed E-state index contributed by atoms with van der Waals surface area (Å²) >= 11 is 0. The number of nitriles is 1. The number of pyridine rings is 1. The normalized spacial score (nSPS) is 13.2. The van der Waals surface area contributed by atoms with Crippen LogP contribution in [0.5, 0.6) is 0 Å². The zero-order chi connectivity index (χ0) is 33.2. The predicted octanol–water partition coefficient (Wildman–Crippen LogP) is 5.67. The number of rotatable bonds is 4. The molecule has 5 nitrogen and oxygen atoms in total. The van der Waals surface area contributed by atoms with E-state index in [2.05, 4.69) is 142 Å². The number of aromatic nitrogens is 1. The molecule has 0 fully saturated rings. The second-order valence-corrected chi connectivity index (χ2v) is 11.5. The third kappa shape index (κ3) is 10.2. The molecule has 0 amide bonds. The fourth-order valence-corrected chi connectivity index (χ4v) is 6.15. The summed E-state index contributed by atoms with van der Waals surface area (Å²) in [5.41, 5.74) is 9.28. The van der Waals surface area contributed by atoms with E-state index < -0.39 is 6.15 Å². The molecule has 6 rings (SSSR count). The SMILES string of the molecule is CC#N.CC1=NCCCNCCCN=C(C)c2cccc1n2.[Co+2].c1ccc([B-](c2ccccc2)(c2ccccc2)c2ccccc2)cc1. The van der Waals surface area contributed by atoms with Gasteiger partial charge in [-0.15, -0.1) is 0 Å². The van der Waals surface area contributed by atoms with Gasteiger partial charge in [0.25, 0.3) is 0 Å². The number of nitrogens with zero attached hydrogens (tertiary/aromatic N) is 4. The molecule has 2 bridgehead atoms. The van der Waals surface area contributed by atoms with Crippen molar-refractivity contribution in [2.75, 3.05) is 26.2 Å². The van der Waals surface area contributed by atoms with Crippen LogP contribution in [-0.4, -0.2) is 48.7 Å². The quantitative estimate of drug-likeness (QED) is 0.249. The molecule has 245 valence electrons. The van der Waals surface area contributed by atoms with Gasteiger partial charge in [-0.05, 0) is 51.9 Å². The van der Waals surface area contributed by atoms with Crippen LogP contribution in [0, 0.1) is 11.3 Å². The summed E-state index contributed by atoms with van der Waals surface area (Å²) in [5, 5.41) is 10.7. The third-order valence-electron chi connectivity index (χ3n) is 8.41. The van der Waals surface area contributed by atoms with Crippen LogP contribution in [0.1, 0.15) is 45.0 Å². The summed E-state index contributed by atoms with van der Waals surface area (Å²) < 4.78 is 0. The van der Waals surface area contributed by atoms with Gasteiger partial charge < -0.3 is 5.32 Å². The number of nitrogens with one attached hydrogen (secondary N) is 1. The van der Waals surface area contributed by atoms with E-state index in [0.717, 1.165) is 61.8 Å². The van der Waals surface area contributed by atoms with E-state index in [-0.39, 0.29) is 16.8 Å². The van der Waals surface area contributed by atoms with Crippen molar-refractivity contribution >= 4 is 39.4 Å². The summed E-state index contributed by atoms with van der Waals surface area (Å²) in [6.45, 7) is 9.24. The van der Waals surface area contributed by atoms with E-state index in [4.69, 9.17) is 5.26 Å². The second-order valence-electron chi connectivity index (χ2n) is 11.5. The molecule has 0 saturated carbocycles. The molecule has 0 unspecified atom stereocenters. The van der Waals surface area contributed by atoms with Crippen LogP contribution in [0.15, 0.2) is 150 Å². The summed E-state index contributed by atoms with van der Waals surface area (Å²) in [5.74, 6) is 0. The van der Waals surface area contributed by atoms with Crippen molar-refractivity contribution in [2.24, 2.45) is 9.98 Å². The van der Waals surface area contributed by atoms with Crippen LogP contribution in [-0.2, 0) is 16.8 Å². The Kier molecular flexibility index (Phi) is 16.2. The Balaban J connectivity index is 0.000000244. The fourth-order valence-electron chi connectivity index (χ4n) is 6.15. The van der Waals surface area contributed by atoms with Crippen molar-refractivity contribution in [1.82, 2.24) is 10.3 Å². The molecule has 1 radical (unpaired) electrons. The minimum absolute atomic E-state index is 0. The molecule has 7 heteroatoms. The molecule has 1 aliphatic rings. The minimum atomic E-state index is -1.22. The second kappa shape index (κ2) is 20.6. The van der Waals surface area contributed by atoms with Gasteiger partial charge in [0, 0.05) is 20.0 Å². The van der Waals surface area contributed by atoms with Gasteiger partial charge in [-0.1, -0.05) is 127 Å². The van der Waals surface area contributed by atoms with Crippen molar-refractivity contribution in [1.29, 1.82) is 5.26 Å². The van der Waals surface area contributed by atoms with Gasteiger partial charge in [-0.25, -0.2) is 4.98 Å². The molecule has 48 heavy (non-hydrogen) atoms. The smallest absolute Gasteiger partial charge is 0.317 e. The summed E-state index contributed by atoms with van der Waals surface area (Å²) in [7, 11) is 0. The maximum atomic E-state index is 7.32. The fraction of sp³-hybridized carbons (Fsp3) is 0.220. The monoisotopic (exact) mass is 677 g/mol. The van der Waals surface area contributed by atoms with Crippen molar-refractivity contribution in [3.63, 3.8) is 0 Å². The Bertz CT molecular complexity index is 1540. The van der Waals surface area contributed by atoms with Crippen molar-refractivity contribution in [3.8, 4) is 6.07 Å². The first-order chi connectivity index (χ1) is 23.1. The molecule has 1 N–H and O–H groups in total. The number of hydrogen-bond donors (Lipinski definition) is 1. The molecular formula is C41H45BCoN5+. The van der Waals surface area contributed by atoms with E-state index in [9.17, 15) is 0 Å². The molecule has 0 atom stereocenters. The standard InChI is InChI=1S/C24H20B.C15H22N4.C2H3N.Co/c1-5-13-21(14-6-1)25(22-15-7-2-8-16-22,23-17-9-3-10-18-23)24-19-11-4-12-20-24;1-12-14-6-3-7-15(19-14)13(2)18-11-5-9-16-8-4-10-17-12;1-2-3;/h1-20H;3,6-7,16H,4-5,8-11H2,1-2H3;1H3;/q-1;;;+2. The molecular weight excluding hydrogens is 632 g/mol. The van der Waals surface area contributed by atoms with Crippen molar-refractivity contribution in [3.05, 3.63) is 151 Å². The average Bonchev–Trinajstić information content (AvgIpc) is 3.13. The van der Waals surface area contributed by atoms with Gasteiger partial charge in [-0.2, -0.15) is 27.1 Å². The van der Waals surface area contributed by atoms with E-state index in [1.807, 2.05) is 32.0 Å². The van der Waals surface area contributed by atoms with Gasteiger partial charge in [0.05, 0.1) is 28.9 Å². The van der Waals surface area contributed by atoms with Crippen molar-refractivity contribution in [2.45, 2.75) is 33.6 Å². The Morgan fingerprint density at radius 1 is 0.542 bits per heavy atom. The zero-order valence-electron chi connectivity index (χ0n) is 28.2. The molecule has 2 heterocycles. The Morgan fingerprint density at radius 2 is 0.854 bits per heavy atom. The molecule has 0 saturated heterocycles. The number of aliphatic imine (C=N–C) groups is 2. The summed E-state index contributed by atoms with van der Waals surface area (Å²) in [6, 6.07) is 51.3. The molecule has 1 aliphatic heterocycles. The molecule has 0 spiro atoms. The van der Waals surface area contributed by atoms with Gasteiger partial charge in [0.15, 0.2) is 0 Å². The molecule has 4 aromatic carbocycles.